The van der Waals surface area contributed by atoms with Crippen LogP contribution in [0.25, 0.3) is 0 Å². The van der Waals surface area contributed by atoms with Crippen molar-refractivity contribution in [3.63, 3.8) is 0 Å². The molecule has 118 valence electrons. The molecule has 0 spiro atoms. The fourth-order valence-corrected chi connectivity index (χ4v) is 3.55. The molecule has 0 aliphatic carbocycles. The Bertz CT molecular complexity index is 631. The fraction of sp³-hybridized carbons (Fsp3) is 0.462. The number of nitrogens with two attached hydrogens (primary N) is 1. The molecule has 0 fully saturated rings. The molecule has 1 aromatic carbocycles. The van der Waals surface area contributed by atoms with Gasteiger partial charge in [0.05, 0.1) is 17.7 Å². The summed E-state index contributed by atoms with van der Waals surface area (Å²) in [6.07, 6.45) is 0.520. The van der Waals surface area contributed by atoms with Crippen molar-refractivity contribution in [1.29, 1.82) is 0 Å². The molecule has 8 heteroatoms. The molecular formula is C13H19FN2O4S. The molecule has 0 aromatic heterocycles. The number of nitrogens with zero attached hydrogens (tertiary/aromatic N) is 1. The molecule has 0 saturated carbocycles. The Kier molecular flexibility index (Phi) is 5.68. The van der Waals surface area contributed by atoms with E-state index < -0.39 is 28.4 Å². The van der Waals surface area contributed by atoms with Crippen LogP contribution in [0.1, 0.15) is 18.9 Å². The van der Waals surface area contributed by atoms with Crippen LogP contribution in [0.2, 0.25) is 0 Å². The van der Waals surface area contributed by atoms with Gasteiger partial charge in [0.2, 0.25) is 10.0 Å². The quantitative estimate of drug-likeness (QED) is 0.630. The minimum absolute atomic E-state index is 0.112. The van der Waals surface area contributed by atoms with Gasteiger partial charge < -0.3 is 10.5 Å². The third kappa shape index (κ3) is 3.92. The zero-order chi connectivity index (χ0) is 16.2. The Hall–Kier alpha value is -1.67. The predicted octanol–water partition coefficient (Wildman–Crippen LogP) is 1.29. The molecule has 0 amide bonds. The van der Waals surface area contributed by atoms with Gasteiger partial charge in [0.15, 0.2) is 0 Å². The summed E-state index contributed by atoms with van der Waals surface area (Å²) in [5.41, 5.74) is 5.41. The number of carbonyl (C=O) groups is 1. The van der Waals surface area contributed by atoms with Crippen LogP contribution in [0.5, 0.6) is 0 Å². The van der Waals surface area contributed by atoms with Gasteiger partial charge in [-0.25, -0.2) is 12.8 Å². The minimum atomic E-state index is -3.95. The van der Waals surface area contributed by atoms with Gasteiger partial charge in [0.25, 0.3) is 0 Å². The van der Waals surface area contributed by atoms with E-state index in [2.05, 4.69) is 4.74 Å². The zero-order valence-electron chi connectivity index (χ0n) is 12.2. The largest absolute Gasteiger partial charge is 0.468 e. The Morgan fingerprint density at radius 1 is 1.43 bits per heavy atom. The van der Waals surface area contributed by atoms with Gasteiger partial charge in [-0.1, -0.05) is 6.92 Å². The SMILES string of the molecule is CCCN(CC(=O)OC)S(=O)(=O)c1cc(N)c(F)cc1C. The number of nitrogen functional groups attached to an aromatic ring is 1. The number of methoxy groups -OCH3 is 1. The maximum absolute atomic E-state index is 13.4. The second-order valence-electron chi connectivity index (χ2n) is 4.55. The molecular weight excluding hydrogens is 299 g/mol. The first-order valence-electron chi connectivity index (χ1n) is 6.36. The lowest BCUT2D eigenvalue weighted by Crippen LogP contribution is -2.37. The monoisotopic (exact) mass is 318 g/mol. The van der Waals surface area contributed by atoms with E-state index in [1.54, 1.807) is 6.92 Å². The van der Waals surface area contributed by atoms with Crippen LogP contribution >= 0.6 is 0 Å². The van der Waals surface area contributed by atoms with Gasteiger partial charge >= 0.3 is 5.97 Å². The molecule has 21 heavy (non-hydrogen) atoms. The number of carbonyl (C=O) groups excluding carboxylic acids is 1. The highest BCUT2D eigenvalue weighted by atomic mass is 32.2. The summed E-state index contributed by atoms with van der Waals surface area (Å²) in [6, 6.07) is 2.13. The fourth-order valence-electron chi connectivity index (χ4n) is 1.83. The molecule has 0 aliphatic rings. The first kappa shape index (κ1) is 17.4. The standard InChI is InChI=1S/C13H19FN2O4S/c1-4-5-16(8-13(17)20-3)21(18,19)12-7-11(15)10(14)6-9(12)2/h6-7H,4-5,8,15H2,1-3H3. The molecule has 2 N–H and O–H groups in total. The maximum atomic E-state index is 13.4. The number of hydrogen-bond donors (Lipinski definition) is 1. The van der Waals surface area contributed by atoms with Crippen molar-refractivity contribution in [2.75, 3.05) is 25.9 Å². The molecule has 0 radical (unpaired) electrons. The number of benzene rings is 1. The summed E-state index contributed by atoms with van der Waals surface area (Å²) in [6.45, 7) is 3.00. The summed E-state index contributed by atoms with van der Waals surface area (Å²) in [4.78, 5) is 11.3. The topological polar surface area (TPSA) is 89.7 Å². The summed E-state index contributed by atoms with van der Waals surface area (Å²) in [5, 5.41) is 0. The van der Waals surface area contributed by atoms with E-state index in [1.165, 1.54) is 14.0 Å². The highest BCUT2D eigenvalue weighted by molar-refractivity contribution is 7.89. The number of aryl methyl sites for hydroxylation is 1. The number of ether oxygens (including phenoxy) is 1. The first-order valence-corrected chi connectivity index (χ1v) is 7.80. The Morgan fingerprint density at radius 3 is 2.57 bits per heavy atom. The van der Waals surface area contributed by atoms with Crippen molar-refractivity contribution in [1.82, 2.24) is 4.31 Å². The number of hydrogen-bond acceptors (Lipinski definition) is 5. The molecule has 0 atom stereocenters. The molecule has 0 aliphatic heterocycles. The molecule has 0 saturated heterocycles. The second-order valence-corrected chi connectivity index (χ2v) is 6.46. The van der Waals surface area contributed by atoms with Crippen molar-refractivity contribution in [2.45, 2.75) is 25.2 Å². The van der Waals surface area contributed by atoms with Gasteiger partial charge in [-0.2, -0.15) is 4.31 Å². The van der Waals surface area contributed by atoms with Crippen molar-refractivity contribution in [3.05, 3.63) is 23.5 Å². The normalized spacial score (nSPS) is 11.7. The predicted molar refractivity (Wildman–Crippen MR) is 76.6 cm³/mol. The minimum Gasteiger partial charge on any atom is -0.468 e. The lowest BCUT2D eigenvalue weighted by molar-refractivity contribution is -0.140. The number of halogens is 1. The van der Waals surface area contributed by atoms with Crippen molar-refractivity contribution < 1.29 is 22.3 Å². The van der Waals surface area contributed by atoms with E-state index in [9.17, 15) is 17.6 Å². The Morgan fingerprint density at radius 2 is 2.05 bits per heavy atom. The highest BCUT2D eigenvalue weighted by Crippen LogP contribution is 2.24. The van der Waals surface area contributed by atoms with Gasteiger partial charge in [-0.3, -0.25) is 4.79 Å². The van der Waals surface area contributed by atoms with E-state index in [-0.39, 0.29) is 22.7 Å². The van der Waals surface area contributed by atoms with Crippen molar-refractivity contribution in [2.24, 2.45) is 0 Å². The average molecular weight is 318 g/mol. The smallest absolute Gasteiger partial charge is 0.321 e. The van der Waals surface area contributed by atoms with Gasteiger partial charge in [0.1, 0.15) is 12.4 Å². The van der Waals surface area contributed by atoms with Crippen molar-refractivity contribution >= 4 is 21.7 Å². The summed E-state index contributed by atoms with van der Waals surface area (Å²) in [7, 11) is -2.77. The molecule has 1 aromatic rings. The third-order valence-corrected chi connectivity index (χ3v) is 4.91. The lowest BCUT2D eigenvalue weighted by atomic mass is 10.2. The van der Waals surface area contributed by atoms with Crippen LogP contribution in [-0.2, 0) is 19.6 Å². The van der Waals surface area contributed by atoms with E-state index in [0.717, 1.165) is 16.4 Å². The van der Waals surface area contributed by atoms with E-state index in [1.807, 2.05) is 0 Å². The van der Waals surface area contributed by atoms with Gasteiger partial charge in [-0.05, 0) is 31.0 Å². The van der Waals surface area contributed by atoms with Crippen LogP contribution in [0, 0.1) is 12.7 Å². The second kappa shape index (κ2) is 6.86. The molecule has 6 nitrogen and oxygen atoms in total. The summed E-state index contributed by atoms with van der Waals surface area (Å²) < 4.78 is 44.1. The lowest BCUT2D eigenvalue weighted by Gasteiger charge is -2.21. The van der Waals surface area contributed by atoms with Crippen molar-refractivity contribution in [3.8, 4) is 0 Å². The summed E-state index contributed by atoms with van der Waals surface area (Å²) >= 11 is 0. The molecule has 0 bridgehead atoms. The number of esters is 1. The number of anilines is 1. The van der Waals surface area contributed by atoms with Crippen LogP contribution in [-0.4, -0.2) is 38.9 Å². The first-order chi connectivity index (χ1) is 9.73. The summed E-state index contributed by atoms with van der Waals surface area (Å²) in [5.74, 6) is -1.35. The van der Waals surface area contributed by atoms with Crippen LogP contribution in [0.3, 0.4) is 0 Å². The van der Waals surface area contributed by atoms with E-state index >= 15 is 0 Å². The van der Waals surface area contributed by atoms with E-state index in [4.69, 9.17) is 5.73 Å². The molecule has 0 unspecified atom stereocenters. The molecule has 1 rings (SSSR count). The third-order valence-electron chi connectivity index (χ3n) is 2.92. The maximum Gasteiger partial charge on any atom is 0.321 e. The Balaban J connectivity index is 3.28. The Labute approximate surface area is 123 Å². The van der Waals surface area contributed by atoms with E-state index in [0.29, 0.717) is 6.42 Å². The van der Waals surface area contributed by atoms with Gasteiger partial charge in [-0.15, -0.1) is 0 Å². The molecule has 0 heterocycles. The highest BCUT2D eigenvalue weighted by Gasteiger charge is 2.28. The van der Waals surface area contributed by atoms with Gasteiger partial charge in [0, 0.05) is 6.54 Å². The zero-order valence-corrected chi connectivity index (χ0v) is 13.0. The van der Waals surface area contributed by atoms with Crippen LogP contribution in [0.4, 0.5) is 10.1 Å². The van der Waals surface area contributed by atoms with Crippen LogP contribution in [0.15, 0.2) is 17.0 Å². The average Bonchev–Trinajstić information content (AvgIpc) is 2.41. The number of rotatable bonds is 6. The van der Waals surface area contributed by atoms with Crippen LogP contribution < -0.4 is 5.73 Å². The number of sulfonamides is 1.